The van der Waals surface area contributed by atoms with Gasteiger partial charge in [0, 0.05) is 5.69 Å². The maximum absolute atomic E-state index is 13.6. The molecule has 1 aromatic carbocycles. The molecular weight excluding hydrogens is 239 g/mol. The van der Waals surface area contributed by atoms with Crippen molar-refractivity contribution < 1.29 is 8.91 Å². The normalized spacial score (nSPS) is 10.7. The second-order valence-electron chi connectivity index (χ2n) is 3.52. The van der Waals surface area contributed by atoms with E-state index in [1.54, 1.807) is 0 Å². The van der Waals surface area contributed by atoms with Crippen LogP contribution in [0.2, 0.25) is 0 Å². The Morgan fingerprint density at radius 2 is 2.22 bits per heavy atom. The molecule has 2 heterocycles. The summed E-state index contributed by atoms with van der Waals surface area (Å²) in [7, 11) is 0. The Balaban J connectivity index is 2.05. The molecule has 0 fully saturated rings. The van der Waals surface area contributed by atoms with Crippen molar-refractivity contribution in [1.29, 1.82) is 0 Å². The summed E-state index contributed by atoms with van der Waals surface area (Å²) in [6.45, 7) is 0. The number of anilines is 1. The molecule has 0 aliphatic carbocycles. The molecule has 0 aliphatic heterocycles. The molecule has 0 unspecified atom stereocenters. The summed E-state index contributed by atoms with van der Waals surface area (Å²) in [6, 6.07) is 4.12. The average Bonchev–Trinajstić information content (AvgIpc) is 3.00. The summed E-state index contributed by atoms with van der Waals surface area (Å²) in [5, 5.41) is 13.5. The number of hydrogen-bond donors (Lipinski definition) is 2. The Morgan fingerprint density at radius 3 is 3.00 bits per heavy atom. The van der Waals surface area contributed by atoms with Crippen LogP contribution in [0.15, 0.2) is 28.9 Å². The standard InChI is InChI=1S/C10H7FN6O/c11-7-2-1-5(12)3-6(7)10-14-9(16-18-10)8-4-13-17-15-8/h1-4H,12H2,(H,13,15,17). The van der Waals surface area contributed by atoms with Crippen molar-refractivity contribution in [2.24, 2.45) is 0 Å². The Morgan fingerprint density at radius 1 is 1.33 bits per heavy atom. The quantitative estimate of drug-likeness (QED) is 0.659. The average molecular weight is 246 g/mol. The highest BCUT2D eigenvalue weighted by molar-refractivity contribution is 5.62. The first-order valence-electron chi connectivity index (χ1n) is 4.99. The fourth-order valence-electron chi connectivity index (χ4n) is 1.45. The molecule has 0 atom stereocenters. The predicted octanol–water partition coefficient (Wildman–Crippen LogP) is 1.24. The van der Waals surface area contributed by atoms with Gasteiger partial charge in [-0.15, -0.1) is 0 Å². The fourth-order valence-corrected chi connectivity index (χ4v) is 1.45. The molecule has 3 aromatic rings. The van der Waals surface area contributed by atoms with Gasteiger partial charge >= 0.3 is 0 Å². The number of nitrogen functional groups attached to an aromatic ring is 1. The van der Waals surface area contributed by atoms with Gasteiger partial charge in [-0.25, -0.2) is 4.39 Å². The Labute approximate surface area is 99.8 Å². The molecule has 7 nitrogen and oxygen atoms in total. The Bertz CT molecular complexity index is 678. The van der Waals surface area contributed by atoms with E-state index in [1.165, 1.54) is 24.4 Å². The Kier molecular flexibility index (Phi) is 2.26. The number of aromatic amines is 1. The molecule has 0 radical (unpaired) electrons. The molecule has 0 saturated heterocycles. The molecule has 0 bridgehead atoms. The van der Waals surface area contributed by atoms with Gasteiger partial charge in [-0.05, 0) is 18.2 Å². The van der Waals surface area contributed by atoms with Crippen LogP contribution in [-0.4, -0.2) is 25.6 Å². The van der Waals surface area contributed by atoms with E-state index in [0.29, 0.717) is 11.4 Å². The molecule has 0 spiro atoms. The monoisotopic (exact) mass is 246 g/mol. The van der Waals surface area contributed by atoms with E-state index in [9.17, 15) is 4.39 Å². The first-order chi connectivity index (χ1) is 8.74. The number of hydrogen-bond acceptors (Lipinski definition) is 6. The van der Waals surface area contributed by atoms with Gasteiger partial charge < -0.3 is 10.3 Å². The fraction of sp³-hybridized carbons (Fsp3) is 0. The van der Waals surface area contributed by atoms with Crippen molar-refractivity contribution in [3.05, 3.63) is 30.2 Å². The van der Waals surface area contributed by atoms with Crippen molar-refractivity contribution in [2.45, 2.75) is 0 Å². The van der Waals surface area contributed by atoms with Crippen molar-refractivity contribution >= 4 is 5.69 Å². The molecule has 3 N–H and O–H groups in total. The van der Waals surface area contributed by atoms with Gasteiger partial charge in [0.1, 0.15) is 5.82 Å². The summed E-state index contributed by atoms with van der Waals surface area (Å²) in [5.74, 6) is -0.224. The van der Waals surface area contributed by atoms with Crippen LogP contribution in [-0.2, 0) is 0 Å². The van der Waals surface area contributed by atoms with Crippen molar-refractivity contribution in [3.63, 3.8) is 0 Å². The SMILES string of the molecule is Nc1ccc(F)c(-c2nc(-c3cn[nH]n3)no2)c1. The number of nitrogens with zero attached hydrogens (tertiary/aromatic N) is 4. The zero-order valence-electron chi connectivity index (χ0n) is 8.96. The maximum atomic E-state index is 13.6. The molecule has 0 aliphatic rings. The van der Waals surface area contributed by atoms with Crippen LogP contribution in [0.5, 0.6) is 0 Å². The van der Waals surface area contributed by atoms with Gasteiger partial charge in [-0.2, -0.15) is 20.4 Å². The number of H-pyrrole nitrogens is 1. The first kappa shape index (κ1) is 10.4. The molecule has 8 heteroatoms. The molecule has 90 valence electrons. The number of halogens is 1. The van der Waals surface area contributed by atoms with E-state index in [4.69, 9.17) is 10.3 Å². The zero-order valence-corrected chi connectivity index (χ0v) is 8.96. The van der Waals surface area contributed by atoms with Crippen LogP contribution in [0.3, 0.4) is 0 Å². The number of nitrogens with two attached hydrogens (primary N) is 1. The lowest BCUT2D eigenvalue weighted by atomic mass is 10.2. The van der Waals surface area contributed by atoms with Crippen LogP contribution >= 0.6 is 0 Å². The number of rotatable bonds is 2. The number of nitrogens with one attached hydrogen (secondary N) is 1. The van der Waals surface area contributed by atoms with Crippen LogP contribution in [0.4, 0.5) is 10.1 Å². The predicted molar refractivity (Wildman–Crippen MR) is 59.5 cm³/mol. The van der Waals surface area contributed by atoms with Crippen molar-refractivity contribution in [2.75, 3.05) is 5.73 Å². The third-order valence-electron chi connectivity index (χ3n) is 2.29. The summed E-state index contributed by atoms with van der Waals surface area (Å²) in [6.07, 6.45) is 1.43. The lowest BCUT2D eigenvalue weighted by Gasteiger charge is -1.98. The van der Waals surface area contributed by atoms with E-state index in [-0.39, 0.29) is 17.3 Å². The second-order valence-corrected chi connectivity index (χ2v) is 3.52. The van der Waals surface area contributed by atoms with Crippen molar-refractivity contribution in [3.8, 4) is 23.0 Å². The maximum Gasteiger partial charge on any atom is 0.261 e. The van der Waals surface area contributed by atoms with Crippen LogP contribution in [0.1, 0.15) is 0 Å². The highest BCUT2D eigenvalue weighted by Gasteiger charge is 2.15. The smallest absolute Gasteiger partial charge is 0.261 e. The summed E-state index contributed by atoms with van der Waals surface area (Å²) >= 11 is 0. The van der Waals surface area contributed by atoms with E-state index >= 15 is 0 Å². The number of benzene rings is 1. The van der Waals surface area contributed by atoms with Crippen LogP contribution in [0, 0.1) is 5.82 Å². The lowest BCUT2D eigenvalue weighted by molar-refractivity contribution is 0.429. The van der Waals surface area contributed by atoms with Crippen LogP contribution < -0.4 is 5.73 Å². The van der Waals surface area contributed by atoms with Gasteiger partial charge in [0.15, 0.2) is 5.69 Å². The van der Waals surface area contributed by atoms with Gasteiger partial charge in [-0.1, -0.05) is 5.16 Å². The molecule has 3 rings (SSSR count). The molecule has 2 aromatic heterocycles. The minimum Gasteiger partial charge on any atom is -0.399 e. The van der Waals surface area contributed by atoms with Gasteiger partial charge in [-0.3, -0.25) is 0 Å². The Hall–Kier alpha value is -2.77. The largest absolute Gasteiger partial charge is 0.399 e. The van der Waals surface area contributed by atoms with E-state index in [0.717, 1.165) is 0 Å². The summed E-state index contributed by atoms with van der Waals surface area (Å²) < 4.78 is 18.6. The minimum absolute atomic E-state index is 0.0396. The minimum atomic E-state index is -0.487. The van der Waals surface area contributed by atoms with Crippen molar-refractivity contribution in [1.82, 2.24) is 25.6 Å². The summed E-state index contributed by atoms with van der Waals surface area (Å²) in [5.41, 5.74) is 6.55. The first-order valence-corrected chi connectivity index (χ1v) is 4.99. The topological polar surface area (TPSA) is 107 Å². The second kappa shape index (κ2) is 3.91. The molecule has 18 heavy (non-hydrogen) atoms. The van der Waals surface area contributed by atoms with Crippen LogP contribution in [0.25, 0.3) is 23.0 Å². The molecule has 0 amide bonds. The molecular formula is C10H7FN6O. The van der Waals surface area contributed by atoms with Gasteiger partial charge in [0.25, 0.3) is 5.89 Å². The molecule has 0 saturated carbocycles. The highest BCUT2D eigenvalue weighted by atomic mass is 19.1. The van der Waals surface area contributed by atoms with Gasteiger partial charge in [0.2, 0.25) is 5.82 Å². The summed E-state index contributed by atoms with van der Waals surface area (Å²) in [4.78, 5) is 4.03. The number of aromatic nitrogens is 5. The third kappa shape index (κ3) is 1.69. The highest BCUT2D eigenvalue weighted by Crippen LogP contribution is 2.25. The zero-order chi connectivity index (χ0) is 12.5. The van der Waals surface area contributed by atoms with E-state index in [2.05, 4.69) is 25.6 Å². The lowest BCUT2D eigenvalue weighted by Crippen LogP contribution is -1.89. The van der Waals surface area contributed by atoms with Gasteiger partial charge in [0.05, 0.1) is 11.8 Å². The third-order valence-corrected chi connectivity index (χ3v) is 2.29. The van der Waals surface area contributed by atoms with E-state index < -0.39 is 5.82 Å². The van der Waals surface area contributed by atoms with E-state index in [1.807, 2.05) is 0 Å².